The summed E-state index contributed by atoms with van der Waals surface area (Å²) in [5.41, 5.74) is 0.681. The van der Waals surface area contributed by atoms with Crippen molar-refractivity contribution < 1.29 is 0 Å². The summed E-state index contributed by atoms with van der Waals surface area (Å²) in [6.45, 7) is 3.68. The van der Waals surface area contributed by atoms with E-state index in [1.165, 1.54) is 38.6 Å². The highest BCUT2D eigenvalue weighted by Crippen LogP contribution is 2.46. The number of hydrogen-bond donors (Lipinski definition) is 0. The van der Waals surface area contributed by atoms with E-state index >= 15 is 0 Å². The zero-order valence-corrected chi connectivity index (χ0v) is 9.30. The topological polar surface area (TPSA) is 3.24 Å². The predicted octanol–water partition coefficient (Wildman–Crippen LogP) is 2.79. The Morgan fingerprint density at radius 3 is 2.27 bits per heavy atom. The zero-order valence-electron chi connectivity index (χ0n) is 7.15. The van der Waals surface area contributed by atoms with E-state index in [2.05, 4.69) is 34.4 Å². The maximum absolute atomic E-state index is 2.72. The van der Waals surface area contributed by atoms with Gasteiger partial charge < -0.3 is 0 Å². The van der Waals surface area contributed by atoms with Gasteiger partial charge in [-0.15, -0.1) is 0 Å². The number of nitrogens with zero attached hydrogens (tertiary/aromatic N) is 1. The standard InChI is InChI=1S/C9H16IN/c1-8(10)11-7-3-6-9(11)4-2-5-9/h8H,2-7H2,1H3. The van der Waals surface area contributed by atoms with Crippen molar-refractivity contribution in [1.82, 2.24) is 4.90 Å². The fourth-order valence-electron chi connectivity index (χ4n) is 2.64. The van der Waals surface area contributed by atoms with Crippen molar-refractivity contribution in [1.29, 1.82) is 0 Å². The van der Waals surface area contributed by atoms with Gasteiger partial charge in [0.1, 0.15) is 0 Å². The third-order valence-corrected chi connectivity index (χ3v) is 4.04. The largest absolute Gasteiger partial charge is 0.286 e. The van der Waals surface area contributed by atoms with Crippen molar-refractivity contribution in [2.24, 2.45) is 0 Å². The quantitative estimate of drug-likeness (QED) is 0.400. The molecule has 11 heavy (non-hydrogen) atoms. The van der Waals surface area contributed by atoms with Crippen LogP contribution in [0.3, 0.4) is 0 Å². The molecule has 0 bridgehead atoms. The van der Waals surface area contributed by atoms with Crippen molar-refractivity contribution in [3.63, 3.8) is 0 Å². The normalized spacial score (nSPS) is 32.2. The Labute approximate surface area is 82.7 Å². The SMILES string of the molecule is CC(I)N1CCCC12CCC2. The van der Waals surface area contributed by atoms with Crippen molar-refractivity contribution in [2.45, 2.75) is 48.6 Å². The molecule has 0 N–H and O–H groups in total. The number of likely N-dealkylation sites (tertiary alicyclic amines) is 1. The molecule has 1 saturated heterocycles. The summed E-state index contributed by atoms with van der Waals surface area (Å²) in [5.74, 6) is 0. The summed E-state index contributed by atoms with van der Waals surface area (Å²) in [4.78, 5) is 2.72. The van der Waals surface area contributed by atoms with Crippen LogP contribution in [0.4, 0.5) is 0 Å². The summed E-state index contributed by atoms with van der Waals surface area (Å²) >= 11 is 2.55. The Hall–Kier alpha value is 0.690. The van der Waals surface area contributed by atoms with E-state index in [0.29, 0.717) is 5.54 Å². The van der Waals surface area contributed by atoms with Gasteiger partial charge in [0.15, 0.2) is 0 Å². The molecule has 0 aromatic rings. The van der Waals surface area contributed by atoms with Gasteiger partial charge in [-0.1, -0.05) is 22.6 Å². The van der Waals surface area contributed by atoms with Gasteiger partial charge in [-0.3, -0.25) is 4.90 Å². The predicted molar refractivity (Wildman–Crippen MR) is 56.0 cm³/mol. The molecule has 1 spiro atoms. The molecule has 0 amide bonds. The lowest BCUT2D eigenvalue weighted by Crippen LogP contribution is -2.51. The van der Waals surface area contributed by atoms with Crippen LogP contribution in [-0.4, -0.2) is 21.0 Å². The monoisotopic (exact) mass is 265 g/mol. The van der Waals surface area contributed by atoms with Gasteiger partial charge in [-0.05, 0) is 45.6 Å². The molecule has 64 valence electrons. The minimum absolute atomic E-state index is 0.681. The maximum atomic E-state index is 2.72. The van der Waals surface area contributed by atoms with E-state index < -0.39 is 0 Å². The van der Waals surface area contributed by atoms with E-state index in [9.17, 15) is 0 Å². The van der Waals surface area contributed by atoms with E-state index in [1.807, 2.05) is 0 Å². The molecule has 0 radical (unpaired) electrons. The average molecular weight is 265 g/mol. The van der Waals surface area contributed by atoms with Crippen LogP contribution < -0.4 is 0 Å². The van der Waals surface area contributed by atoms with Crippen LogP contribution in [0.5, 0.6) is 0 Å². The van der Waals surface area contributed by atoms with Gasteiger partial charge in [0.05, 0.1) is 4.05 Å². The molecular weight excluding hydrogens is 249 g/mol. The number of hydrogen-bond acceptors (Lipinski definition) is 1. The Balaban J connectivity index is 2.07. The summed E-state index contributed by atoms with van der Waals surface area (Å²) in [5, 5.41) is 0. The van der Waals surface area contributed by atoms with Crippen LogP contribution in [0.15, 0.2) is 0 Å². The minimum Gasteiger partial charge on any atom is -0.286 e. The third-order valence-electron chi connectivity index (χ3n) is 3.36. The van der Waals surface area contributed by atoms with Crippen LogP contribution in [0, 0.1) is 0 Å². The fraction of sp³-hybridized carbons (Fsp3) is 1.00. The van der Waals surface area contributed by atoms with Crippen LogP contribution >= 0.6 is 22.6 Å². The van der Waals surface area contributed by atoms with E-state index in [0.717, 1.165) is 4.05 Å². The van der Waals surface area contributed by atoms with E-state index in [4.69, 9.17) is 0 Å². The molecule has 2 fully saturated rings. The lowest BCUT2D eigenvalue weighted by atomic mass is 9.75. The molecule has 1 heterocycles. The summed E-state index contributed by atoms with van der Waals surface area (Å²) in [7, 11) is 0. The molecular formula is C9H16IN. The van der Waals surface area contributed by atoms with E-state index in [-0.39, 0.29) is 0 Å². The van der Waals surface area contributed by atoms with Crippen LogP contribution in [0.1, 0.15) is 39.0 Å². The first-order chi connectivity index (χ1) is 5.25. The fourth-order valence-corrected chi connectivity index (χ4v) is 3.51. The first-order valence-electron chi connectivity index (χ1n) is 4.65. The lowest BCUT2D eigenvalue weighted by molar-refractivity contribution is 0.0556. The molecule has 2 aliphatic rings. The molecule has 1 aliphatic carbocycles. The van der Waals surface area contributed by atoms with Crippen LogP contribution in [-0.2, 0) is 0 Å². The van der Waals surface area contributed by atoms with Crippen molar-refractivity contribution >= 4 is 22.6 Å². The Bertz CT molecular complexity index is 152. The van der Waals surface area contributed by atoms with E-state index in [1.54, 1.807) is 0 Å². The second-order valence-electron chi connectivity index (χ2n) is 3.95. The molecule has 1 unspecified atom stereocenters. The van der Waals surface area contributed by atoms with Crippen molar-refractivity contribution in [3.05, 3.63) is 0 Å². The number of alkyl halides is 1. The highest BCUT2D eigenvalue weighted by atomic mass is 127. The summed E-state index contributed by atoms with van der Waals surface area (Å²) in [6, 6.07) is 0. The second kappa shape index (κ2) is 2.87. The first kappa shape index (κ1) is 8.30. The highest BCUT2D eigenvalue weighted by Gasteiger charge is 2.46. The van der Waals surface area contributed by atoms with Gasteiger partial charge >= 0.3 is 0 Å². The smallest absolute Gasteiger partial charge is 0.0594 e. The average Bonchev–Trinajstić information content (AvgIpc) is 2.27. The Morgan fingerprint density at radius 2 is 1.91 bits per heavy atom. The molecule has 1 aliphatic heterocycles. The van der Waals surface area contributed by atoms with Gasteiger partial charge in [0.25, 0.3) is 0 Å². The number of halogens is 1. The molecule has 2 heteroatoms. The van der Waals surface area contributed by atoms with Crippen LogP contribution in [0.2, 0.25) is 0 Å². The van der Waals surface area contributed by atoms with Gasteiger partial charge in [0.2, 0.25) is 0 Å². The number of rotatable bonds is 1. The second-order valence-corrected chi connectivity index (χ2v) is 5.75. The Kier molecular flexibility index (Phi) is 2.17. The summed E-state index contributed by atoms with van der Waals surface area (Å²) in [6.07, 6.45) is 7.33. The van der Waals surface area contributed by atoms with Gasteiger partial charge in [-0.25, -0.2) is 0 Å². The first-order valence-corrected chi connectivity index (χ1v) is 5.90. The molecule has 1 nitrogen and oxygen atoms in total. The van der Waals surface area contributed by atoms with Gasteiger partial charge in [-0.2, -0.15) is 0 Å². The van der Waals surface area contributed by atoms with Crippen LogP contribution in [0.25, 0.3) is 0 Å². The van der Waals surface area contributed by atoms with Crippen molar-refractivity contribution in [3.8, 4) is 0 Å². The molecule has 1 saturated carbocycles. The minimum atomic E-state index is 0.681. The van der Waals surface area contributed by atoms with Gasteiger partial charge in [0, 0.05) is 5.54 Å². The molecule has 0 aromatic carbocycles. The highest BCUT2D eigenvalue weighted by molar-refractivity contribution is 14.1. The third kappa shape index (κ3) is 1.22. The molecule has 0 aromatic heterocycles. The molecule has 2 rings (SSSR count). The maximum Gasteiger partial charge on any atom is 0.0594 e. The summed E-state index contributed by atoms with van der Waals surface area (Å²) < 4.78 is 0.746. The molecule has 1 atom stereocenters. The lowest BCUT2D eigenvalue weighted by Gasteiger charge is -2.47. The Morgan fingerprint density at radius 1 is 1.27 bits per heavy atom. The zero-order chi connectivity index (χ0) is 7.90. The van der Waals surface area contributed by atoms with Crippen molar-refractivity contribution in [2.75, 3.05) is 6.54 Å².